The third-order valence-corrected chi connectivity index (χ3v) is 3.99. The average Bonchev–Trinajstić information content (AvgIpc) is 3.16. The number of carbonyl (C=O) groups excluding carboxylic acids is 1. The van der Waals surface area contributed by atoms with Gasteiger partial charge in [-0.3, -0.25) is 4.79 Å². The molecule has 0 spiro atoms. The number of nitrogens with zero attached hydrogens (tertiary/aromatic N) is 3. The highest BCUT2D eigenvalue weighted by Crippen LogP contribution is 2.34. The lowest BCUT2D eigenvalue weighted by Gasteiger charge is -2.09. The van der Waals surface area contributed by atoms with Gasteiger partial charge in [-0.05, 0) is 49.4 Å². The van der Waals surface area contributed by atoms with Gasteiger partial charge in [0.1, 0.15) is 5.69 Å². The van der Waals surface area contributed by atoms with Crippen LogP contribution in [0.1, 0.15) is 21.7 Å². The molecule has 1 aliphatic rings. The number of hydrogen-bond acceptors (Lipinski definition) is 7. The molecule has 1 amide bonds. The van der Waals surface area contributed by atoms with Crippen LogP contribution in [-0.2, 0) is 0 Å². The number of anilines is 3. The summed E-state index contributed by atoms with van der Waals surface area (Å²) in [4.78, 5) is 21.2. The smallest absolute Gasteiger partial charge is 0.274 e. The molecule has 8 nitrogen and oxygen atoms in total. The van der Waals surface area contributed by atoms with E-state index in [4.69, 9.17) is 14.7 Å². The summed E-state index contributed by atoms with van der Waals surface area (Å²) in [6.45, 7) is 1.95. The average molecular weight is 373 g/mol. The van der Waals surface area contributed by atoms with Crippen molar-refractivity contribution in [2.24, 2.45) is 0 Å². The van der Waals surface area contributed by atoms with Gasteiger partial charge < -0.3 is 20.1 Å². The molecular formula is C20H15N5O3. The molecule has 3 aromatic rings. The number of aryl methyl sites for hydroxylation is 1. The first-order valence-electron chi connectivity index (χ1n) is 8.44. The van der Waals surface area contributed by atoms with E-state index in [0.717, 1.165) is 0 Å². The Labute approximate surface area is 160 Å². The fourth-order valence-electron chi connectivity index (χ4n) is 2.67. The molecule has 2 aromatic carbocycles. The van der Waals surface area contributed by atoms with E-state index in [2.05, 4.69) is 26.7 Å². The van der Waals surface area contributed by atoms with E-state index in [9.17, 15) is 4.79 Å². The Kier molecular flexibility index (Phi) is 4.48. The maximum Gasteiger partial charge on any atom is 0.274 e. The van der Waals surface area contributed by atoms with Gasteiger partial charge in [0.15, 0.2) is 11.5 Å². The molecule has 2 heterocycles. The molecule has 0 unspecified atom stereocenters. The summed E-state index contributed by atoms with van der Waals surface area (Å²) in [5.41, 5.74) is 2.71. The number of nitrogens with one attached hydrogen (secondary N) is 2. The van der Waals surface area contributed by atoms with Crippen molar-refractivity contribution in [3.8, 4) is 17.6 Å². The Morgan fingerprint density at radius 1 is 1.04 bits per heavy atom. The summed E-state index contributed by atoms with van der Waals surface area (Å²) in [6.07, 6.45) is 0. The quantitative estimate of drug-likeness (QED) is 0.721. The lowest BCUT2D eigenvalue weighted by atomic mass is 10.2. The lowest BCUT2D eigenvalue weighted by Crippen LogP contribution is -2.15. The van der Waals surface area contributed by atoms with Gasteiger partial charge in [0, 0.05) is 23.1 Å². The highest BCUT2D eigenvalue weighted by molar-refractivity contribution is 6.03. The summed E-state index contributed by atoms with van der Waals surface area (Å²) in [7, 11) is 0. The molecule has 0 radical (unpaired) electrons. The largest absolute Gasteiger partial charge is 0.454 e. The third kappa shape index (κ3) is 3.68. The summed E-state index contributed by atoms with van der Waals surface area (Å²) < 4.78 is 10.6. The SMILES string of the molecule is Cc1cc(C(=O)Nc2ccc3c(c2)OCO3)nc(Nc2ccc(C#N)cc2)n1. The van der Waals surface area contributed by atoms with Crippen LogP contribution >= 0.6 is 0 Å². The second-order valence-electron chi connectivity index (χ2n) is 6.05. The second kappa shape index (κ2) is 7.25. The van der Waals surface area contributed by atoms with Crippen LogP contribution in [0, 0.1) is 18.3 Å². The van der Waals surface area contributed by atoms with E-state index >= 15 is 0 Å². The van der Waals surface area contributed by atoms with Crippen LogP contribution in [0.2, 0.25) is 0 Å². The molecule has 0 atom stereocenters. The number of hydrogen-bond donors (Lipinski definition) is 2. The molecule has 28 heavy (non-hydrogen) atoms. The van der Waals surface area contributed by atoms with Crippen molar-refractivity contribution >= 4 is 23.2 Å². The molecule has 8 heteroatoms. The van der Waals surface area contributed by atoms with E-state index in [1.165, 1.54) is 0 Å². The van der Waals surface area contributed by atoms with Crippen LogP contribution in [-0.4, -0.2) is 22.7 Å². The first kappa shape index (κ1) is 17.3. The zero-order valence-electron chi connectivity index (χ0n) is 14.9. The number of benzene rings is 2. The zero-order chi connectivity index (χ0) is 19.5. The van der Waals surface area contributed by atoms with Crippen LogP contribution in [0.25, 0.3) is 0 Å². The normalized spacial score (nSPS) is 11.6. The maximum atomic E-state index is 12.6. The predicted molar refractivity (Wildman–Crippen MR) is 102 cm³/mol. The maximum absolute atomic E-state index is 12.6. The van der Waals surface area contributed by atoms with Crippen LogP contribution in [0.3, 0.4) is 0 Å². The minimum Gasteiger partial charge on any atom is -0.454 e. The van der Waals surface area contributed by atoms with Crippen molar-refractivity contribution in [2.75, 3.05) is 17.4 Å². The van der Waals surface area contributed by atoms with E-state index in [-0.39, 0.29) is 18.4 Å². The molecule has 4 rings (SSSR count). The summed E-state index contributed by atoms with van der Waals surface area (Å²) >= 11 is 0. The Bertz CT molecular complexity index is 1090. The molecule has 138 valence electrons. The van der Waals surface area contributed by atoms with E-state index in [1.807, 2.05) is 0 Å². The molecule has 0 aliphatic carbocycles. The van der Waals surface area contributed by atoms with Crippen LogP contribution in [0.4, 0.5) is 17.3 Å². The molecule has 0 saturated carbocycles. The summed E-state index contributed by atoms with van der Waals surface area (Å²) in [5, 5.41) is 14.7. The van der Waals surface area contributed by atoms with Crippen molar-refractivity contribution in [3.63, 3.8) is 0 Å². The highest BCUT2D eigenvalue weighted by Gasteiger charge is 2.16. The lowest BCUT2D eigenvalue weighted by molar-refractivity contribution is 0.102. The number of amides is 1. The first-order chi connectivity index (χ1) is 13.6. The molecule has 1 aromatic heterocycles. The molecule has 0 fully saturated rings. The van der Waals surface area contributed by atoms with Gasteiger partial charge in [0.05, 0.1) is 11.6 Å². The molecule has 2 N–H and O–H groups in total. The summed E-state index contributed by atoms with van der Waals surface area (Å²) in [5.74, 6) is 1.15. The van der Waals surface area contributed by atoms with E-state index in [1.54, 1.807) is 55.5 Å². The Morgan fingerprint density at radius 3 is 2.57 bits per heavy atom. The number of rotatable bonds is 4. The van der Waals surface area contributed by atoms with Gasteiger partial charge in [-0.15, -0.1) is 0 Å². The van der Waals surface area contributed by atoms with Gasteiger partial charge in [0.2, 0.25) is 12.7 Å². The number of carbonyl (C=O) groups is 1. The van der Waals surface area contributed by atoms with E-state index in [0.29, 0.717) is 40.1 Å². The predicted octanol–water partition coefficient (Wildman–Crippen LogP) is 3.38. The zero-order valence-corrected chi connectivity index (χ0v) is 14.9. The van der Waals surface area contributed by atoms with Crippen LogP contribution < -0.4 is 20.1 Å². The van der Waals surface area contributed by atoms with Crippen molar-refractivity contribution < 1.29 is 14.3 Å². The first-order valence-corrected chi connectivity index (χ1v) is 8.44. The third-order valence-electron chi connectivity index (χ3n) is 3.99. The van der Waals surface area contributed by atoms with Gasteiger partial charge >= 0.3 is 0 Å². The van der Waals surface area contributed by atoms with Crippen molar-refractivity contribution in [1.82, 2.24) is 9.97 Å². The topological polar surface area (TPSA) is 109 Å². The number of aromatic nitrogens is 2. The highest BCUT2D eigenvalue weighted by atomic mass is 16.7. The number of fused-ring (bicyclic) bond motifs is 1. The fourth-order valence-corrected chi connectivity index (χ4v) is 2.67. The molecule has 0 saturated heterocycles. The monoisotopic (exact) mass is 373 g/mol. The summed E-state index contributed by atoms with van der Waals surface area (Å²) in [6, 6.07) is 15.7. The van der Waals surface area contributed by atoms with Crippen LogP contribution in [0.15, 0.2) is 48.5 Å². The fraction of sp³-hybridized carbons (Fsp3) is 0.100. The van der Waals surface area contributed by atoms with Gasteiger partial charge in [-0.1, -0.05) is 0 Å². The van der Waals surface area contributed by atoms with Gasteiger partial charge in [0.25, 0.3) is 5.91 Å². The van der Waals surface area contributed by atoms with Crippen molar-refractivity contribution in [1.29, 1.82) is 5.26 Å². The Balaban J connectivity index is 1.52. The minimum atomic E-state index is -0.368. The van der Waals surface area contributed by atoms with Crippen LogP contribution in [0.5, 0.6) is 11.5 Å². The van der Waals surface area contributed by atoms with E-state index < -0.39 is 0 Å². The second-order valence-corrected chi connectivity index (χ2v) is 6.05. The van der Waals surface area contributed by atoms with Crippen molar-refractivity contribution in [3.05, 3.63) is 65.5 Å². The van der Waals surface area contributed by atoms with Gasteiger partial charge in [-0.2, -0.15) is 5.26 Å². The molecule has 0 bridgehead atoms. The standard InChI is InChI=1S/C20H15N5O3/c1-12-8-16(19(26)23-15-6-7-17-18(9-15)28-11-27-17)25-20(22-12)24-14-4-2-13(10-21)3-5-14/h2-9H,11H2,1H3,(H,23,26)(H,22,24,25). The molecular weight excluding hydrogens is 358 g/mol. The van der Waals surface area contributed by atoms with Crippen molar-refractivity contribution in [2.45, 2.75) is 6.92 Å². The van der Waals surface area contributed by atoms with Gasteiger partial charge in [-0.25, -0.2) is 9.97 Å². The molecule has 1 aliphatic heterocycles. The Hall–Kier alpha value is -4.12. The number of nitriles is 1. The minimum absolute atomic E-state index is 0.169. The number of ether oxygens (including phenoxy) is 2. The Morgan fingerprint density at radius 2 is 1.79 bits per heavy atom.